The summed E-state index contributed by atoms with van der Waals surface area (Å²) in [4.78, 5) is 0. The first kappa shape index (κ1) is 15.3. The van der Waals surface area contributed by atoms with E-state index in [1.165, 1.54) is 38.5 Å². The van der Waals surface area contributed by atoms with Gasteiger partial charge in [0.1, 0.15) is 0 Å². The molecule has 0 amide bonds. The van der Waals surface area contributed by atoms with Gasteiger partial charge in [-0.2, -0.15) is 0 Å². The molecule has 1 unspecified atom stereocenters. The van der Waals surface area contributed by atoms with Gasteiger partial charge < -0.3 is 10.2 Å². The third-order valence-electron chi connectivity index (χ3n) is 5.88. The van der Waals surface area contributed by atoms with Crippen LogP contribution >= 0.6 is 0 Å². The molecule has 2 aliphatic rings. The number of hydrogen-bond donors (Lipinski definition) is 2. The van der Waals surface area contributed by atoms with Gasteiger partial charge in [0.05, 0.1) is 11.7 Å². The Labute approximate surface area is 118 Å². The fourth-order valence-corrected chi connectivity index (χ4v) is 4.68. The van der Waals surface area contributed by atoms with Crippen molar-refractivity contribution in [2.24, 2.45) is 17.3 Å². The molecule has 2 nitrogen and oxygen atoms in total. The van der Waals surface area contributed by atoms with E-state index >= 15 is 0 Å². The summed E-state index contributed by atoms with van der Waals surface area (Å²) in [6.45, 7) is 6.22. The van der Waals surface area contributed by atoms with Gasteiger partial charge in [0.2, 0.25) is 0 Å². The quantitative estimate of drug-likeness (QED) is 0.743. The largest absolute Gasteiger partial charge is 0.393 e. The fourth-order valence-electron chi connectivity index (χ4n) is 4.68. The van der Waals surface area contributed by atoms with Gasteiger partial charge >= 0.3 is 0 Å². The number of unbranched alkanes of at least 4 members (excludes halogenated alkanes) is 1. The van der Waals surface area contributed by atoms with Gasteiger partial charge in [-0.3, -0.25) is 0 Å². The summed E-state index contributed by atoms with van der Waals surface area (Å²) < 4.78 is 0. The van der Waals surface area contributed by atoms with Crippen LogP contribution in [-0.4, -0.2) is 21.9 Å². The zero-order valence-electron chi connectivity index (χ0n) is 13.0. The highest BCUT2D eigenvalue weighted by Gasteiger charge is 2.50. The molecule has 0 heterocycles. The monoisotopic (exact) mass is 268 g/mol. The van der Waals surface area contributed by atoms with E-state index in [2.05, 4.69) is 6.92 Å². The fraction of sp³-hybridized carbons (Fsp3) is 1.00. The lowest BCUT2D eigenvalue weighted by Gasteiger charge is -2.43. The number of aliphatic hydroxyl groups excluding tert-OH is 1. The third-order valence-corrected chi connectivity index (χ3v) is 5.88. The molecule has 2 N–H and O–H groups in total. The third kappa shape index (κ3) is 3.52. The molecular formula is C17H32O2. The van der Waals surface area contributed by atoms with Crippen LogP contribution in [0.4, 0.5) is 0 Å². The van der Waals surface area contributed by atoms with Gasteiger partial charge in [-0.05, 0) is 69.6 Å². The molecule has 0 spiro atoms. The highest BCUT2D eigenvalue weighted by molar-refractivity contribution is 5.00. The molecule has 4 atom stereocenters. The molecule has 19 heavy (non-hydrogen) atoms. The van der Waals surface area contributed by atoms with E-state index in [-0.39, 0.29) is 6.10 Å². The molecule has 0 radical (unpaired) electrons. The lowest BCUT2D eigenvalue weighted by Crippen LogP contribution is -2.39. The summed E-state index contributed by atoms with van der Waals surface area (Å²) in [5.41, 5.74) is -0.116. The van der Waals surface area contributed by atoms with Crippen LogP contribution in [0.2, 0.25) is 0 Å². The SMILES string of the molecule is CC(C)(O)CCCC[C@H]1CCC2[C@@H](O)CCC[C@@]21C. The predicted octanol–water partition coefficient (Wildman–Crippen LogP) is 3.90. The Kier molecular flexibility index (Phi) is 4.62. The summed E-state index contributed by atoms with van der Waals surface area (Å²) >= 11 is 0. The van der Waals surface area contributed by atoms with E-state index in [1.54, 1.807) is 0 Å². The van der Waals surface area contributed by atoms with Crippen molar-refractivity contribution in [3.63, 3.8) is 0 Å². The Morgan fingerprint density at radius 2 is 1.89 bits per heavy atom. The topological polar surface area (TPSA) is 40.5 Å². The van der Waals surface area contributed by atoms with Crippen molar-refractivity contribution in [3.05, 3.63) is 0 Å². The lowest BCUT2D eigenvalue weighted by atomic mass is 9.63. The Balaban J connectivity index is 1.81. The van der Waals surface area contributed by atoms with Crippen molar-refractivity contribution in [1.29, 1.82) is 0 Å². The van der Waals surface area contributed by atoms with E-state index in [1.807, 2.05) is 13.8 Å². The Morgan fingerprint density at radius 3 is 2.58 bits per heavy atom. The van der Waals surface area contributed by atoms with E-state index in [0.717, 1.165) is 25.2 Å². The van der Waals surface area contributed by atoms with Crippen LogP contribution in [0.5, 0.6) is 0 Å². The smallest absolute Gasteiger partial charge is 0.0591 e. The van der Waals surface area contributed by atoms with Crippen molar-refractivity contribution in [1.82, 2.24) is 0 Å². The van der Waals surface area contributed by atoms with Crippen LogP contribution in [0.15, 0.2) is 0 Å². The molecule has 2 heteroatoms. The number of rotatable bonds is 5. The van der Waals surface area contributed by atoms with E-state index < -0.39 is 5.60 Å². The molecule has 2 aliphatic carbocycles. The van der Waals surface area contributed by atoms with Crippen LogP contribution < -0.4 is 0 Å². The van der Waals surface area contributed by atoms with Gasteiger partial charge in [-0.1, -0.05) is 26.2 Å². The molecule has 0 aromatic rings. The first-order valence-corrected chi connectivity index (χ1v) is 8.23. The summed E-state index contributed by atoms with van der Waals surface area (Å²) in [7, 11) is 0. The minimum absolute atomic E-state index is 0.0416. The number of aliphatic hydroxyl groups is 2. The van der Waals surface area contributed by atoms with Gasteiger partial charge in [-0.25, -0.2) is 0 Å². The number of hydrogen-bond acceptors (Lipinski definition) is 2. The van der Waals surface area contributed by atoms with Crippen LogP contribution in [0.25, 0.3) is 0 Å². The van der Waals surface area contributed by atoms with E-state index in [0.29, 0.717) is 11.3 Å². The zero-order valence-corrected chi connectivity index (χ0v) is 13.0. The average Bonchev–Trinajstić information content (AvgIpc) is 2.62. The van der Waals surface area contributed by atoms with Crippen molar-refractivity contribution < 1.29 is 10.2 Å². The van der Waals surface area contributed by atoms with Crippen molar-refractivity contribution >= 4 is 0 Å². The number of fused-ring (bicyclic) bond motifs is 1. The zero-order chi connectivity index (χ0) is 14.1. The lowest BCUT2D eigenvalue weighted by molar-refractivity contribution is -0.0189. The van der Waals surface area contributed by atoms with Crippen LogP contribution in [0.3, 0.4) is 0 Å². The molecular weight excluding hydrogens is 236 g/mol. The molecule has 2 saturated carbocycles. The second-order valence-corrected chi connectivity index (χ2v) is 7.90. The minimum Gasteiger partial charge on any atom is -0.393 e. The Hall–Kier alpha value is -0.0800. The van der Waals surface area contributed by atoms with Crippen LogP contribution in [-0.2, 0) is 0 Å². The van der Waals surface area contributed by atoms with Crippen molar-refractivity contribution in [2.75, 3.05) is 0 Å². The maximum absolute atomic E-state index is 10.2. The Morgan fingerprint density at radius 1 is 1.16 bits per heavy atom. The second kappa shape index (κ2) is 5.73. The maximum atomic E-state index is 10.2. The first-order valence-electron chi connectivity index (χ1n) is 8.23. The maximum Gasteiger partial charge on any atom is 0.0591 e. The van der Waals surface area contributed by atoms with Gasteiger partial charge in [0, 0.05) is 0 Å². The van der Waals surface area contributed by atoms with E-state index in [4.69, 9.17) is 0 Å². The first-order chi connectivity index (χ1) is 8.83. The average molecular weight is 268 g/mol. The van der Waals surface area contributed by atoms with Gasteiger partial charge in [0.15, 0.2) is 0 Å². The highest BCUT2D eigenvalue weighted by atomic mass is 16.3. The van der Waals surface area contributed by atoms with Crippen LogP contribution in [0, 0.1) is 17.3 Å². The molecule has 0 saturated heterocycles. The molecule has 0 aromatic heterocycles. The summed E-state index contributed by atoms with van der Waals surface area (Å²) in [6, 6.07) is 0. The summed E-state index contributed by atoms with van der Waals surface area (Å²) in [5.74, 6) is 1.36. The molecule has 2 fully saturated rings. The van der Waals surface area contributed by atoms with Crippen LogP contribution in [0.1, 0.15) is 78.6 Å². The normalized spacial score (nSPS) is 39.3. The summed E-state index contributed by atoms with van der Waals surface area (Å²) in [6.07, 6.45) is 10.6. The highest BCUT2D eigenvalue weighted by Crippen LogP contribution is 2.56. The molecule has 0 aliphatic heterocycles. The summed E-state index contributed by atoms with van der Waals surface area (Å²) in [5, 5.41) is 20.0. The van der Waals surface area contributed by atoms with Crippen molar-refractivity contribution in [2.45, 2.75) is 90.3 Å². The molecule has 0 bridgehead atoms. The molecule has 112 valence electrons. The molecule has 0 aromatic carbocycles. The Bertz CT molecular complexity index is 294. The van der Waals surface area contributed by atoms with E-state index in [9.17, 15) is 10.2 Å². The predicted molar refractivity (Wildman–Crippen MR) is 78.9 cm³/mol. The second-order valence-electron chi connectivity index (χ2n) is 7.90. The van der Waals surface area contributed by atoms with Gasteiger partial charge in [-0.15, -0.1) is 0 Å². The van der Waals surface area contributed by atoms with Crippen molar-refractivity contribution in [3.8, 4) is 0 Å². The molecule has 2 rings (SSSR count). The van der Waals surface area contributed by atoms with Gasteiger partial charge in [0.25, 0.3) is 0 Å². The standard InChI is InChI=1S/C17H32O2/c1-16(2,19)11-5-4-7-13-9-10-14-15(18)8-6-12-17(13,14)3/h13-15,18-19H,4-12H2,1-3H3/t13-,14?,15-,17+/m0/s1. The minimum atomic E-state index is -0.511.